The van der Waals surface area contributed by atoms with Crippen LogP contribution in [0.2, 0.25) is 0 Å². The molecule has 0 aliphatic heterocycles. The number of aromatic carboxylic acids is 1. The van der Waals surface area contributed by atoms with E-state index in [0.29, 0.717) is 17.0 Å². The first-order chi connectivity index (χ1) is 9.56. The van der Waals surface area contributed by atoms with Crippen molar-refractivity contribution in [2.45, 2.75) is 13.5 Å². The van der Waals surface area contributed by atoms with Gasteiger partial charge in [-0.1, -0.05) is 0 Å². The van der Waals surface area contributed by atoms with Gasteiger partial charge in [0.1, 0.15) is 12.3 Å². The van der Waals surface area contributed by atoms with E-state index in [-0.39, 0.29) is 18.0 Å². The highest BCUT2D eigenvalue weighted by atomic mass is 16.4. The van der Waals surface area contributed by atoms with Crippen molar-refractivity contribution in [3.63, 3.8) is 0 Å². The molecule has 0 aliphatic carbocycles. The Balaban J connectivity index is 2.01. The molecule has 0 saturated carbocycles. The second-order valence-corrected chi connectivity index (χ2v) is 4.27. The fourth-order valence-electron chi connectivity index (χ4n) is 1.97. The van der Waals surface area contributed by atoms with Gasteiger partial charge in [-0.25, -0.2) is 18.7 Å². The number of carbonyl (C=O) groups is 1. The van der Waals surface area contributed by atoms with Crippen LogP contribution in [0.3, 0.4) is 0 Å². The molecule has 0 bridgehead atoms. The molecular weight excluding hydrogens is 264 g/mol. The zero-order valence-corrected chi connectivity index (χ0v) is 10.5. The number of furan rings is 1. The van der Waals surface area contributed by atoms with Crippen LogP contribution in [0.1, 0.15) is 21.9 Å². The summed E-state index contributed by atoms with van der Waals surface area (Å²) in [5, 5.41) is 13.0. The minimum atomic E-state index is -1.14. The maximum absolute atomic E-state index is 12.0. The van der Waals surface area contributed by atoms with Crippen LogP contribution in [0.25, 0.3) is 5.65 Å². The molecule has 0 saturated heterocycles. The molecule has 0 aliphatic rings. The fourth-order valence-corrected chi connectivity index (χ4v) is 1.97. The normalized spacial score (nSPS) is 11.1. The Morgan fingerprint density at radius 3 is 2.95 bits per heavy atom. The maximum atomic E-state index is 12.0. The van der Waals surface area contributed by atoms with Gasteiger partial charge in [-0.2, -0.15) is 0 Å². The predicted octanol–water partition coefficient (Wildman–Crippen LogP) is 0.539. The summed E-state index contributed by atoms with van der Waals surface area (Å²) in [5.74, 6) is -0.905. The Bertz CT molecular complexity index is 858. The van der Waals surface area contributed by atoms with E-state index in [1.54, 1.807) is 13.0 Å². The molecule has 102 valence electrons. The quantitative estimate of drug-likeness (QED) is 0.747. The van der Waals surface area contributed by atoms with Gasteiger partial charge in [0.15, 0.2) is 5.65 Å². The van der Waals surface area contributed by atoms with Gasteiger partial charge >= 0.3 is 11.7 Å². The third-order valence-corrected chi connectivity index (χ3v) is 2.86. The van der Waals surface area contributed by atoms with E-state index in [1.807, 2.05) is 0 Å². The van der Waals surface area contributed by atoms with E-state index in [2.05, 4.69) is 10.1 Å². The van der Waals surface area contributed by atoms with Crippen LogP contribution in [-0.4, -0.2) is 30.2 Å². The second-order valence-electron chi connectivity index (χ2n) is 4.27. The molecule has 8 nitrogen and oxygen atoms in total. The van der Waals surface area contributed by atoms with E-state index in [4.69, 9.17) is 9.52 Å². The van der Waals surface area contributed by atoms with E-state index in [1.165, 1.54) is 27.7 Å². The monoisotopic (exact) mass is 274 g/mol. The number of fused-ring (bicyclic) bond motifs is 1. The number of aromatic nitrogens is 4. The molecule has 3 aromatic rings. The SMILES string of the molecule is Cc1cc(Cn2nc3cnccn3c2=O)oc1C(=O)O. The van der Waals surface area contributed by atoms with Crippen molar-refractivity contribution < 1.29 is 14.3 Å². The van der Waals surface area contributed by atoms with E-state index in [9.17, 15) is 9.59 Å². The summed E-state index contributed by atoms with van der Waals surface area (Å²) in [7, 11) is 0. The van der Waals surface area contributed by atoms with Gasteiger partial charge in [-0.15, -0.1) is 5.10 Å². The Morgan fingerprint density at radius 2 is 2.30 bits per heavy atom. The third-order valence-electron chi connectivity index (χ3n) is 2.86. The average molecular weight is 274 g/mol. The molecule has 1 N–H and O–H groups in total. The second kappa shape index (κ2) is 4.34. The molecule has 0 amide bonds. The summed E-state index contributed by atoms with van der Waals surface area (Å²) >= 11 is 0. The van der Waals surface area contributed by atoms with Crippen LogP contribution in [0, 0.1) is 6.92 Å². The average Bonchev–Trinajstić information content (AvgIpc) is 2.92. The number of aryl methyl sites for hydroxylation is 1. The van der Waals surface area contributed by atoms with Crippen LogP contribution >= 0.6 is 0 Å². The molecule has 8 heteroatoms. The Kier molecular flexibility index (Phi) is 2.63. The number of carboxylic acid groups (broad SMARTS) is 1. The molecule has 0 radical (unpaired) electrons. The lowest BCUT2D eigenvalue weighted by Gasteiger charge is -1.94. The highest BCUT2D eigenvalue weighted by Crippen LogP contribution is 2.15. The number of hydrogen-bond donors (Lipinski definition) is 1. The molecule has 3 rings (SSSR count). The van der Waals surface area contributed by atoms with Crippen molar-refractivity contribution in [2.24, 2.45) is 0 Å². The van der Waals surface area contributed by atoms with E-state index in [0.717, 1.165) is 0 Å². The van der Waals surface area contributed by atoms with Crippen LogP contribution in [0.4, 0.5) is 0 Å². The molecule has 0 spiro atoms. The van der Waals surface area contributed by atoms with Gasteiger partial charge in [0.2, 0.25) is 5.76 Å². The van der Waals surface area contributed by atoms with Gasteiger partial charge in [-0.3, -0.25) is 4.98 Å². The minimum Gasteiger partial charge on any atom is -0.475 e. The molecule has 0 fully saturated rings. The first kappa shape index (κ1) is 12.2. The van der Waals surface area contributed by atoms with E-state index >= 15 is 0 Å². The highest BCUT2D eigenvalue weighted by molar-refractivity contribution is 5.86. The molecule has 0 atom stereocenters. The van der Waals surface area contributed by atoms with Crippen molar-refractivity contribution >= 4 is 11.6 Å². The van der Waals surface area contributed by atoms with Gasteiger partial charge in [-0.05, 0) is 13.0 Å². The number of nitrogens with zero attached hydrogens (tertiary/aromatic N) is 4. The molecule has 0 unspecified atom stereocenters. The first-order valence-corrected chi connectivity index (χ1v) is 5.78. The van der Waals surface area contributed by atoms with Crippen molar-refractivity contribution in [1.82, 2.24) is 19.2 Å². The van der Waals surface area contributed by atoms with Crippen LogP contribution in [0.15, 0.2) is 33.9 Å². The number of carboxylic acids is 1. The summed E-state index contributed by atoms with van der Waals surface area (Å²) in [5.41, 5.74) is 0.582. The summed E-state index contributed by atoms with van der Waals surface area (Å²) in [6.45, 7) is 1.70. The lowest BCUT2D eigenvalue weighted by Crippen LogP contribution is -2.21. The fraction of sp³-hybridized carbons (Fsp3) is 0.167. The number of hydrogen-bond acceptors (Lipinski definition) is 5. The molecule has 3 aromatic heterocycles. The van der Waals surface area contributed by atoms with Crippen LogP contribution in [0.5, 0.6) is 0 Å². The standard InChI is InChI=1S/C12H10N4O4/c1-7-4-8(20-10(7)11(17)18)6-16-12(19)15-3-2-13-5-9(15)14-16/h2-5H,6H2,1H3,(H,17,18). The number of rotatable bonds is 3. The minimum absolute atomic E-state index is 0.0641. The summed E-state index contributed by atoms with van der Waals surface area (Å²) < 4.78 is 7.75. The highest BCUT2D eigenvalue weighted by Gasteiger charge is 2.16. The van der Waals surface area contributed by atoms with E-state index < -0.39 is 5.97 Å². The summed E-state index contributed by atoms with van der Waals surface area (Å²) in [6, 6.07) is 1.58. The first-order valence-electron chi connectivity index (χ1n) is 5.78. The van der Waals surface area contributed by atoms with Gasteiger partial charge in [0.25, 0.3) is 0 Å². The Labute approximate surface area is 111 Å². The largest absolute Gasteiger partial charge is 0.475 e. The molecular formula is C12H10N4O4. The lowest BCUT2D eigenvalue weighted by atomic mass is 10.2. The predicted molar refractivity (Wildman–Crippen MR) is 66.8 cm³/mol. The maximum Gasteiger partial charge on any atom is 0.372 e. The molecule has 0 aromatic carbocycles. The zero-order valence-electron chi connectivity index (χ0n) is 10.5. The van der Waals surface area contributed by atoms with Crippen molar-refractivity contribution in [1.29, 1.82) is 0 Å². The topological polar surface area (TPSA) is 103 Å². The van der Waals surface area contributed by atoms with Gasteiger partial charge < -0.3 is 9.52 Å². The zero-order chi connectivity index (χ0) is 14.3. The third kappa shape index (κ3) is 1.87. The molecule has 20 heavy (non-hydrogen) atoms. The smallest absolute Gasteiger partial charge is 0.372 e. The molecule has 3 heterocycles. The van der Waals surface area contributed by atoms with Crippen molar-refractivity contribution in [2.75, 3.05) is 0 Å². The van der Waals surface area contributed by atoms with Gasteiger partial charge in [0.05, 0.1) is 6.20 Å². The van der Waals surface area contributed by atoms with Gasteiger partial charge in [0, 0.05) is 18.0 Å². The Hall–Kier alpha value is -2.90. The summed E-state index contributed by atoms with van der Waals surface area (Å²) in [4.78, 5) is 26.8. The lowest BCUT2D eigenvalue weighted by molar-refractivity contribution is 0.0659. The summed E-state index contributed by atoms with van der Waals surface area (Å²) in [6.07, 6.45) is 4.46. The van der Waals surface area contributed by atoms with Crippen LogP contribution < -0.4 is 5.69 Å². The Morgan fingerprint density at radius 1 is 1.50 bits per heavy atom. The van der Waals surface area contributed by atoms with Crippen molar-refractivity contribution in [3.8, 4) is 0 Å². The van der Waals surface area contributed by atoms with Crippen molar-refractivity contribution in [3.05, 3.63) is 52.2 Å². The van der Waals surface area contributed by atoms with Crippen LogP contribution in [-0.2, 0) is 6.54 Å².